The van der Waals surface area contributed by atoms with Crippen LogP contribution < -0.4 is 15.4 Å². The SMILES string of the molecule is CCc1ccc2oc(Cc3ccc(NC(=S)NC(=O)c4ccc(OC)c(Br)c4)cc3)nc2c1. The Balaban J connectivity index is 1.35. The highest BCUT2D eigenvalue weighted by molar-refractivity contribution is 9.10. The lowest BCUT2D eigenvalue weighted by Gasteiger charge is -2.11. The van der Waals surface area contributed by atoms with E-state index in [1.165, 1.54) is 5.56 Å². The lowest BCUT2D eigenvalue weighted by atomic mass is 10.1. The van der Waals surface area contributed by atoms with Gasteiger partial charge in [0.25, 0.3) is 5.91 Å². The Morgan fingerprint density at radius 3 is 2.55 bits per heavy atom. The molecule has 4 rings (SSSR count). The maximum atomic E-state index is 12.5. The minimum absolute atomic E-state index is 0.213. The summed E-state index contributed by atoms with van der Waals surface area (Å²) in [7, 11) is 1.57. The molecule has 0 aliphatic heterocycles. The molecule has 4 aromatic rings. The summed E-state index contributed by atoms with van der Waals surface area (Å²) in [5.74, 6) is 1.01. The highest BCUT2D eigenvalue weighted by atomic mass is 79.9. The van der Waals surface area contributed by atoms with Crippen molar-refractivity contribution < 1.29 is 13.9 Å². The first-order valence-corrected chi connectivity index (χ1v) is 11.6. The van der Waals surface area contributed by atoms with Crippen LogP contribution in [0.4, 0.5) is 5.69 Å². The zero-order valence-electron chi connectivity index (χ0n) is 18.1. The first-order chi connectivity index (χ1) is 15.9. The molecule has 8 heteroatoms. The Kier molecular flexibility index (Phi) is 7.05. The molecule has 6 nitrogen and oxygen atoms in total. The number of fused-ring (bicyclic) bond motifs is 1. The van der Waals surface area contributed by atoms with E-state index < -0.39 is 0 Å². The van der Waals surface area contributed by atoms with E-state index in [0.717, 1.165) is 28.8 Å². The second kappa shape index (κ2) is 10.1. The van der Waals surface area contributed by atoms with Crippen molar-refractivity contribution in [2.45, 2.75) is 19.8 Å². The number of aromatic nitrogens is 1. The van der Waals surface area contributed by atoms with Crippen LogP contribution in [0.2, 0.25) is 0 Å². The van der Waals surface area contributed by atoms with Crippen LogP contribution >= 0.6 is 28.1 Å². The summed E-state index contributed by atoms with van der Waals surface area (Å²) in [4.78, 5) is 17.1. The maximum absolute atomic E-state index is 12.5. The zero-order chi connectivity index (χ0) is 23.4. The molecule has 0 atom stereocenters. The number of thiocarbonyl (C=S) groups is 1. The molecule has 0 fully saturated rings. The van der Waals surface area contributed by atoms with E-state index >= 15 is 0 Å². The van der Waals surface area contributed by atoms with Gasteiger partial charge in [-0.2, -0.15) is 0 Å². The zero-order valence-corrected chi connectivity index (χ0v) is 20.5. The quantitative estimate of drug-likeness (QED) is 0.307. The van der Waals surface area contributed by atoms with Gasteiger partial charge in [0.05, 0.1) is 11.6 Å². The lowest BCUT2D eigenvalue weighted by molar-refractivity contribution is 0.0977. The highest BCUT2D eigenvalue weighted by Crippen LogP contribution is 2.25. The fraction of sp³-hybridized carbons (Fsp3) is 0.160. The molecule has 0 unspecified atom stereocenters. The number of nitrogens with one attached hydrogen (secondary N) is 2. The largest absolute Gasteiger partial charge is 0.496 e. The predicted molar refractivity (Wildman–Crippen MR) is 137 cm³/mol. The fourth-order valence-corrected chi connectivity index (χ4v) is 4.09. The average Bonchev–Trinajstić information content (AvgIpc) is 3.21. The van der Waals surface area contributed by atoms with E-state index in [0.29, 0.717) is 28.1 Å². The number of nitrogens with zero attached hydrogens (tertiary/aromatic N) is 1. The molecule has 1 heterocycles. The molecule has 0 saturated carbocycles. The minimum atomic E-state index is -0.310. The number of oxazole rings is 1. The summed E-state index contributed by atoms with van der Waals surface area (Å²) >= 11 is 8.66. The summed E-state index contributed by atoms with van der Waals surface area (Å²) in [6.45, 7) is 2.12. The number of amides is 1. The van der Waals surface area contributed by atoms with Crippen LogP contribution in [0.3, 0.4) is 0 Å². The van der Waals surface area contributed by atoms with Crippen molar-refractivity contribution in [3.63, 3.8) is 0 Å². The number of ether oxygens (including phenoxy) is 1. The van der Waals surface area contributed by atoms with Crippen molar-refractivity contribution in [3.8, 4) is 5.75 Å². The molecule has 168 valence electrons. The normalized spacial score (nSPS) is 10.8. The monoisotopic (exact) mass is 523 g/mol. The van der Waals surface area contributed by atoms with E-state index in [9.17, 15) is 4.79 Å². The Morgan fingerprint density at radius 2 is 1.85 bits per heavy atom. The van der Waals surface area contributed by atoms with E-state index in [2.05, 4.69) is 50.6 Å². The molecule has 33 heavy (non-hydrogen) atoms. The average molecular weight is 524 g/mol. The van der Waals surface area contributed by atoms with Gasteiger partial charge in [0.15, 0.2) is 16.6 Å². The van der Waals surface area contributed by atoms with Crippen molar-refractivity contribution in [1.82, 2.24) is 10.3 Å². The summed E-state index contributed by atoms with van der Waals surface area (Å²) in [6, 6.07) is 18.9. The van der Waals surface area contributed by atoms with Gasteiger partial charge in [-0.15, -0.1) is 0 Å². The van der Waals surface area contributed by atoms with Crippen LogP contribution in [-0.4, -0.2) is 23.1 Å². The summed E-state index contributed by atoms with van der Waals surface area (Å²) < 4.78 is 11.7. The van der Waals surface area contributed by atoms with Gasteiger partial charge in [0, 0.05) is 17.7 Å². The first-order valence-electron chi connectivity index (χ1n) is 10.4. The molecule has 0 radical (unpaired) electrons. The predicted octanol–water partition coefficient (Wildman–Crippen LogP) is 5.88. The summed E-state index contributed by atoms with van der Waals surface area (Å²) in [6.07, 6.45) is 1.55. The Hall–Kier alpha value is -3.23. The van der Waals surface area contributed by atoms with Gasteiger partial charge in [-0.3, -0.25) is 10.1 Å². The second-order valence-electron chi connectivity index (χ2n) is 7.39. The van der Waals surface area contributed by atoms with Crippen molar-refractivity contribution >= 4 is 56.0 Å². The lowest BCUT2D eigenvalue weighted by Crippen LogP contribution is -2.34. The molecule has 3 aromatic carbocycles. The van der Waals surface area contributed by atoms with Crippen LogP contribution in [0.25, 0.3) is 11.1 Å². The summed E-state index contributed by atoms with van der Waals surface area (Å²) in [5, 5.41) is 5.93. The molecule has 0 saturated heterocycles. The Bertz CT molecular complexity index is 1320. The molecule has 0 aliphatic rings. The number of hydrogen-bond donors (Lipinski definition) is 2. The van der Waals surface area contributed by atoms with Gasteiger partial charge in [-0.1, -0.05) is 25.1 Å². The molecule has 0 spiro atoms. The minimum Gasteiger partial charge on any atom is -0.496 e. The van der Waals surface area contributed by atoms with Gasteiger partial charge in [0.2, 0.25) is 0 Å². The van der Waals surface area contributed by atoms with E-state index in [1.54, 1.807) is 25.3 Å². The first kappa shape index (κ1) is 22.9. The van der Waals surface area contributed by atoms with Gasteiger partial charge >= 0.3 is 0 Å². The van der Waals surface area contributed by atoms with Gasteiger partial charge in [-0.05, 0) is 88.2 Å². The molecule has 2 N–H and O–H groups in total. The van der Waals surface area contributed by atoms with Crippen LogP contribution in [-0.2, 0) is 12.8 Å². The fourth-order valence-electron chi connectivity index (χ4n) is 3.34. The van der Waals surface area contributed by atoms with Crippen LogP contribution in [0.1, 0.15) is 34.3 Å². The van der Waals surface area contributed by atoms with Crippen LogP contribution in [0, 0.1) is 0 Å². The number of benzene rings is 3. The maximum Gasteiger partial charge on any atom is 0.257 e. The van der Waals surface area contributed by atoms with E-state index in [4.69, 9.17) is 21.4 Å². The number of anilines is 1. The van der Waals surface area contributed by atoms with Crippen molar-refractivity contribution in [3.05, 3.63) is 87.7 Å². The molecular weight excluding hydrogens is 502 g/mol. The molecular formula is C25H22BrN3O3S. The standard InChI is InChI=1S/C25H22BrN3O3S/c1-3-15-6-10-22-20(12-15)28-23(32-22)13-16-4-8-18(9-5-16)27-25(33)29-24(30)17-7-11-21(31-2)19(26)14-17/h4-12,14H,3,13H2,1-2H3,(H2,27,29,30,33). The third-order valence-electron chi connectivity index (χ3n) is 5.11. The van der Waals surface area contributed by atoms with Crippen LogP contribution in [0.5, 0.6) is 5.75 Å². The smallest absolute Gasteiger partial charge is 0.257 e. The van der Waals surface area contributed by atoms with Crippen LogP contribution in [0.15, 0.2) is 69.6 Å². The Labute approximate surface area is 205 Å². The molecule has 1 aromatic heterocycles. The van der Waals surface area contributed by atoms with Crippen molar-refractivity contribution in [2.75, 3.05) is 12.4 Å². The Morgan fingerprint density at radius 1 is 1.09 bits per heavy atom. The molecule has 1 amide bonds. The number of carbonyl (C=O) groups is 1. The third kappa shape index (κ3) is 5.58. The summed E-state index contributed by atoms with van der Waals surface area (Å²) in [5.41, 5.74) is 5.20. The number of halogens is 1. The molecule has 0 aliphatic carbocycles. The number of hydrogen-bond acceptors (Lipinski definition) is 5. The third-order valence-corrected chi connectivity index (χ3v) is 5.94. The topological polar surface area (TPSA) is 76.4 Å². The number of methoxy groups -OCH3 is 1. The highest BCUT2D eigenvalue weighted by Gasteiger charge is 2.11. The van der Waals surface area contributed by atoms with Gasteiger partial charge < -0.3 is 14.5 Å². The molecule has 0 bridgehead atoms. The van der Waals surface area contributed by atoms with E-state index in [1.807, 2.05) is 30.3 Å². The van der Waals surface area contributed by atoms with E-state index in [-0.39, 0.29) is 11.0 Å². The number of aryl methyl sites for hydroxylation is 1. The number of carbonyl (C=O) groups excluding carboxylic acids is 1. The number of rotatable bonds is 6. The van der Waals surface area contributed by atoms with Gasteiger partial charge in [0.1, 0.15) is 11.3 Å². The van der Waals surface area contributed by atoms with Crippen molar-refractivity contribution in [1.29, 1.82) is 0 Å². The second-order valence-corrected chi connectivity index (χ2v) is 8.66. The van der Waals surface area contributed by atoms with Crippen molar-refractivity contribution in [2.24, 2.45) is 0 Å². The van der Waals surface area contributed by atoms with Gasteiger partial charge in [-0.25, -0.2) is 4.98 Å².